The van der Waals surface area contributed by atoms with Crippen molar-refractivity contribution >= 4 is 0 Å². The van der Waals surface area contributed by atoms with Crippen LogP contribution in [0, 0.1) is 5.92 Å². The Kier molecular flexibility index (Phi) is 2.94. The number of nitrogens with zero attached hydrogens (tertiary/aromatic N) is 3. The molecule has 2 bridgehead atoms. The van der Waals surface area contributed by atoms with Crippen LogP contribution in [-0.2, 0) is 0 Å². The highest BCUT2D eigenvalue weighted by atomic mass is 15.3. The van der Waals surface area contributed by atoms with E-state index in [4.69, 9.17) is 0 Å². The van der Waals surface area contributed by atoms with Gasteiger partial charge >= 0.3 is 0 Å². The normalized spacial score (nSPS) is 38.6. The monoisotopic (exact) mass is 223 g/mol. The zero-order valence-electron chi connectivity index (χ0n) is 10.7. The van der Waals surface area contributed by atoms with E-state index in [1.807, 2.05) is 0 Å². The van der Waals surface area contributed by atoms with Crippen molar-refractivity contribution in [1.29, 1.82) is 0 Å². The Morgan fingerprint density at radius 2 is 1.75 bits per heavy atom. The van der Waals surface area contributed by atoms with Gasteiger partial charge in [-0.25, -0.2) is 0 Å². The molecule has 0 saturated carbocycles. The summed E-state index contributed by atoms with van der Waals surface area (Å²) in [5.41, 5.74) is 0. The number of piperidine rings is 1. The van der Waals surface area contributed by atoms with Crippen LogP contribution in [-0.4, -0.2) is 73.6 Å². The van der Waals surface area contributed by atoms with Gasteiger partial charge in [0.1, 0.15) is 0 Å². The Hall–Kier alpha value is -0.120. The number of piperazine rings is 1. The molecule has 3 fully saturated rings. The Bertz CT molecular complexity index is 246. The molecule has 16 heavy (non-hydrogen) atoms. The van der Waals surface area contributed by atoms with Crippen LogP contribution in [0.4, 0.5) is 0 Å². The zero-order valence-corrected chi connectivity index (χ0v) is 10.7. The Morgan fingerprint density at radius 1 is 1.00 bits per heavy atom. The molecular formula is C13H25N3. The molecule has 3 nitrogen and oxygen atoms in total. The zero-order chi connectivity index (χ0) is 11.1. The smallest absolute Gasteiger partial charge is 0.0239 e. The molecule has 3 saturated heterocycles. The molecule has 3 aliphatic rings. The number of hydrogen-bond acceptors (Lipinski definition) is 3. The molecule has 0 radical (unpaired) electrons. The molecule has 3 rings (SSSR count). The number of likely N-dealkylation sites (N-methyl/N-ethyl adjacent to an activating group) is 1. The molecule has 0 aromatic rings. The summed E-state index contributed by atoms with van der Waals surface area (Å²) in [5.74, 6) is 0.973. The van der Waals surface area contributed by atoms with E-state index in [1.54, 1.807) is 0 Å². The minimum absolute atomic E-state index is 0.872. The van der Waals surface area contributed by atoms with Crippen LogP contribution in [0.1, 0.15) is 19.3 Å². The highest BCUT2D eigenvalue weighted by Crippen LogP contribution is 2.31. The van der Waals surface area contributed by atoms with Gasteiger partial charge in [0.25, 0.3) is 0 Å². The van der Waals surface area contributed by atoms with Crippen LogP contribution >= 0.6 is 0 Å². The van der Waals surface area contributed by atoms with Crippen molar-refractivity contribution in [2.24, 2.45) is 5.92 Å². The van der Waals surface area contributed by atoms with Crippen molar-refractivity contribution in [2.45, 2.75) is 31.3 Å². The highest BCUT2D eigenvalue weighted by molar-refractivity contribution is 4.98. The van der Waals surface area contributed by atoms with Crippen LogP contribution in [0.25, 0.3) is 0 Å². The summed E-state index contributed by atoms with van der Waals surface area (Å²) < 4.78 is 0. The summed E-state index contributed by atoms with van der Waals surface area (Å²) in [6.07, 6.45) is 4.27. The van der Waals surface area contributed by atoms with Gasteiger partial charge in [-0.2, -0.15) is 0 Å². The summed E-state index contributed by atoms with van der Waals surface area (Å²) >= 11 is 0. The number of hydrogen-bond donors (Lipinski definition) is 0. The number of likely N-dealkylation sites (tertiary alicyclic amines) is 3. The maximum Gasteiger partial charge on any atom is 0.0239 e. The second kappa shape index (κ2) is 4.28. The summed E-state index contributed by atoms with van der Waals surface area (Å²) in [5, 5.41) is 0. The van der Waals surface area contributed by atoms with Crippen molar-refractivity contribution < 1.29 is 0 Å². The van der Waals surface area contributed by atoms with E-state index in [9.17, 15) is 0 Å². The van der Waals surface area contributed by atoms with Crippen LogP contribution in [0.5, 0.6) is 0 Å². The van der Waals surface area contributed by atoms with Crippen LogP contribution < -0.4 is 0 Å². The Balaban J connectivity index is 1.50. The lowest BCUT2D eigenvalue weighted by atomic mass is 9.96. The first-order valence-corrected chi connectivity index (χ1v) is 6.85. The first-order valence-electron chi connectivity index (χ1n) is 6.85. The maximum absolute atomic E-state index is 2.78. The summed E-state index contributed by atoms with van der Waals surface area (Å²) in [6.45, 7) is 6.66. The van der Waals surface area contributed by atoms with E-state index >= 15 is 0 Å². The third kappa shape index (κ3) is 2.01. The van der Waals surface area contributed by atoms with E-state index in [2.05, 4.69) is 28.8 Å². The van der Waals surface area contributed by atoms with Gasteiger partial charge in [-0.3, -0.25) is 4.90 Å². The lowest BCUT2D eigenvalue weighted by molar-refractivity contribution is 0.108. The third-order valence-electron chi connectivity index (χ3n) is 4.96. The van der Waals surface area contributed by atoms with Gasteiger partial charge in [0.2, 0.25) is 0 Å². The van der Waals surface area contributed by atoms with E-state index < -0.39 is 0 Å². The van der Waals surface area contributed by atoms with Crippen LogP contribution in [0.2, 0.25) is 0 Å². The van der Waals surface area contributed by atoms with Gasteiger partial charge in [0, 0.05) is 31.7 Å². The lowest BCUT2D eigenvalue weighted by Gasteiger charge is -2.36. The van der Waals surface area contributed by atoms with E-state index in [1.165, 1.54) is 52.0 Å². The molecular weight excluding hydrogens is 198 g/mol. The second-order valence-corrected chi connectivity index (χ2v) is 6.18. The molecule has 0 amide bonds. The number of rotatable bonds is 2. The van der Waals surface area contributed by atoms with Crippen LogP contribution in [0.3, 0.4) is 0 Å². The predicted molar refractivity (Wildman–Crippen MR) is 66.6 cm³/mol. The van der Waals surface area contributed by atoms with Crippen LogP contribution in [0.15, 0.2) is 0 Å². The number of fused-ring (bicyclic) bond motifs is 2. The summed E-state index contributed by atoms with van der Waals surface area (Å²) in [4.78, 5) is 7.80. The lowest BCUT2D eigenvalue weighted by Crippen LogP contribution is -2.47. The predicted octanol–water partition coefficient (Wildman–Crippen LogP) is 0.717. The van der Waals surface area contributed by atoms with Crippen molar-refractivity contribution in [3.8, 4) is 0 Å². The van der Waals surface area contributed by atoms with Gasteiger partial charge in [-0.05, 0) is 52.4 Å². The van der Waals surface area contributed by atoms with Crippen molar-refractivity contribution in [2.75, 3.05) is 46.8 Å². The van der Waals surface area contributed by atoms with Gasteiger partial charge in [-0.15, -0.1) is 0 Å². The first kappa shape index (κ1) is 11.0. The van der Waals surface area contributed by atoms with Crippen molar-refractivity contribution in [1.82, 2.24) is 14.7 Å². The van der Waals surface area contributed by atoms with Gasteiger partial charge in [-0.1, -0.05) is 0 Å². The molecule has 0 aromatic carbocycles. The van der Waals surface area contributed by atoms with Gasteiger partial charge < -0.3 is 9.80 Å². The maximum atomic E-state index is 2.78. The van der Waals surface area contributed by atoms with Gasteiger partial charge in [0.15, 0.2) is 0 Å². The molecule has 0 unspecified atom stereocenters. The molecule has 92 valence electrons. The second-order valence-electron chi connectivity index (χ2n) is 6.18. The minimum Gasteiger partial charge on any atom is -0.306 e. The average molecular weight is 223 g/mol. The van der Waals surface area contributed by atoms with Crippen molar-refractivity contribution in [3.63, 3.8) is 0 Å². The largest absolute Gasteiger partial charge is 0.306 e. The molecule has 2 atom stereocenters. The SMILES string of the molecule is CN1CCC(CN2C[C@H]3C[C@@H]2CN3C)CC1. The third-order valence-corrected chi connectivity index (χ3v) is 4.96. The average Bonchev–Trinajstić information content (AvgIpc) is 2.80. The Labute approximate surface area is 99.4 Å². The highest BCUT2D eigenvalue weighted by Gasteiger charge is 2.41. The van der Waals surface area contributed by atoms with Crippen molar-refractivity contribution in [3.05, 3.63) is 0 Å². The molecule has 0 spiro atoms. The standard InChI is InChI=1S/C13H25N3/c1-14-5-3-11(4-6-14)8-16-10-12-7-13(16)9-15(12)2/h11-13H,3-10H2,1-2H3/t12-,13-/m1/s1. The molecule has 0 aliphatic carbocycles. The minimum atomic E-state index is 0.872. The molecule has 3 heteroatoms. The fourth-order valence-electron chi connectivity index (χ4n) is 3.75. The summed E-state index contributed by atoms with van der Waals surface area (Å²) in [6, 6.07) is 1.76. The molecule has 3 heterocycles. The molecule has 0 N–H and O–H groups in total. The Morgan fingerprint density at radius 3 is 2.31 bits per heavy atom. The first-order chi connectivity index (χ1) is 7.72. The molecule has 3 aliphatic heterocycles. The van der Waals surface area contributed by atoms with E-state index in [0.717, 1.165) is 18.0 Å². The molecule has 0 aromatic heterocycles. The van der Waals surface area contributed by atoms with E-state index in [0.29, 0.717) is 0 Å². The fourth-order valence-corrected chi connectivity index (χ4v) is 3.75. The summed E-state index contributed by atoms with van der Waals surface area (Å²) in [7, 11) is 4.54. The van der Waals surface area contributed by atoms with Gasteiger partial charge in [0.05, 0.1) is 0 Å². The topological polar surface area (TPSA) is 9.72 Å². The quantitative estimate of drug-likeness (QED) is 0.683. The fraction of sp³-hybridized carbons (Fsp3) is 1.00. The van der Waals surface area contributed by atoms with E-state index in [-0.39, 0.29) is 0 Å².